The third-order valence-corrected chi connectivity index (χ3v) is 3.74. The minimum atomic E-state index is -0.590. The van der Waals surface area contributed by atoms with Crippen molar-refractivity contribution in [1.29, 1.82) is 0 Å². The van der Waals surface area contributed by atoms with E-state index in [4.69, 9.17) is 16.3 Å². The highest BCUT2D eigenvalue weighted by atomic mass is 79.9. The summed E-state index contributed by atoms with van der Waals surface area (Å²) in [5.41, 5.74) is 0.622. The zero-order valence-electron chi connectivity index (χ0n) is 11.1. The fraction of sp³-hybridized carbons (Fsp3) is 0.133. The summed E-state index contributed by atoms with van der Waals surface area (Å²) >= 11 is 9.22. The van der Waals surface area contributed by atoms with Crippen molar-refractivity contribution in [2.75, 3.05) is 7.11 Å². The van der Waals surface area contributed by atoms with E-state index in [1.807, 2.05) is 0 Å². The Labute approximate surface area is 135 Å². The average Bonchev–Trinajstić information content (AvgIpc) is 2.45. The Morgan fingerprint density at radius 3 is 2.81 bits per heavy atom. The molecular weight excluding hydrogens is 361 g/mol. The van der Waals surface area contributed by atoms with Crippen LogP contribution >= 0.6 is 27.5 Å². The van der Waals surface area contributed by atoms with Crippen LogP contribution in [0.2, 0.25) is 5.02 Å². The summed E-state index contributed by atoms with van der Waals surface area (Å²) in [7, 11) is 1.52. The molecule has 2 aromatic carbocycles. The van der Waals surface area contributed by atoms with Crippen LogP contribution in [0.3, 0.4) is 0 Å². The smallest absolute Gasteiger partial charge is 0.254 e. The minimum Gasteiger partial charge on any atom is -0.496 e. The Balaban J connectivity index is 2.15. The van der Waals surface area contributed by atoms with Crippen molar-refractivity contribution >= 4 is 33.4 Å². The van der Waals surface area contributed by atoms with Crippen molar-refractivity contribution in [2.24, 2.45) is 0 Å². The molecule has 0 unspecified atom stereocenters. The van der Waals surface area contributed by atoms with Gasteiger partial charge in [-0.15, -0.1) is 0 Å². The van der Waals surface area contributed by atoms with Crippen LogP contribution in [0.5, 0.6) is 5.75 Å². The fourth-order valence-electron chi connectivity index (χ4n) is 1.84. The topological polar surface area (TPSA) is 38.3 Å². The lowest BCUT2D eigenvalue weighted by atomic mass is 10.1. The second kappa shape index (κ2) is 6.91. The van der Waals surface area contributed by atoms with E-state index >= 15 is 0 Å². The largest absolute Gasteiger partial charge is 0.496 e. The molecule has 6 heteroatoms. The van der Waals surface area contributed by atoms with Crippen molar-refractivity contribution in [2.45, 2.75) is 6.54 Å². The van der Waals surface area contributed by atoms with Gasteiger partial charge in [-0.05, 0) is 30.3 Å². The molecule has 0 atom stereocenters. The Morgan fingerprint density at radius 2 is 2.14 bits per heavy atom. The molecule has 0 aromatic heterocycles. The van der Waals surface area contributed by atoms with Gasteiger partial charge in [-0.25, -0.2) is 4.39 Å². The SMILES string of the molecule is COc1cccc(Cl)c1CNC(=O)c1ccc(Br)cc1F. The third kappa shape index (κ3) is 3.74. The molecule has 1 amide bonds. The normalized spacial score (nSPS) is 10.3. The molecule has 0 bridgehead atoms. The van der Waals surface area contributed by atoms with Crippen molar-refractivity contribution in [1.82, 2.24) is 5.32 Å². The molecule has 0 aliphatic rings. The summed E-state index contributed by atoms with van der Waals surface area (Å²) in [5.74, 6) is -0.533. The summed E-state index contributed by atoms with van der Waals surface area (Å²) in [4.78, 5) is 12.0. The summed E-state index contributed by atoms with van der Waals surface area (Å²) in [6.45, 7) is 0.150. The minimum absolute atomic E-state index is 0.0239. The first-order valence-electron chi connectivity index (χ1n) is 6.07. The maximum Gasteiger partial charge on any atom is 0.254 e. The van der Waals surface area contributed by atoms with Gasteiger partial charge in [0.2, 0.25) is 0 Å². The van der Waals surface area contributed by atoms with E-state index in [1.165, 1.54) is 19.2 Å². The highest BCUT2D eigenvalue weighted by molar-refractivity contribution is 9.10. The monoisotopic (exact) mass is 371 g/mol. The van der Waals surface area contributed by atoms with Gasteiger partial charge < -0.3 is 10.1 Å². The van der Waals surface area contributed by atoms with Crippen LogP contribution < -0.4 is 10.1 Å². The van der Waals surface area contributed by atoms with Gasteiger partial charge in [-0.1, -0.05) is 33.6 Å². The van der Waals surface area contributed by atoms with Gasteiger partial charge in [0.05, 0.1) is 12.7 Å². The van der Waals surface area contributed by atoms with Crippen LogP contribution in [0.15, 0.2) is 40.9 Å². The van der Waals surface area contributed by atoms with Crippen LogP contribution in [0.4, 0.5) is 4.39 Å². The van der Waals surface area contributed by atoms with Crippen LogP contribution in [0.1, 0.15) is 15.9 Å². The quantitative estimate of drug-likeness (QED) is 0.874. The molecule has 3 nitrogen and oxygen atoms in total. The number of methoxy groups -OCH3 is 1. The van der Waals surface area contributed by atoms with Crippen molar-refractivity contribution in [3.8, 4) is 5.75 Å². The molecular formula is C15H12BrClFNO2. The van der Waals surface area contributed by atoms with E-state index in [0.717, 1.165) is 0 Å². The maximum atomic E-state index is 13.7. The third-order valence-electron chi connectivity index (χ3n) is 2.90. The van der Waals surface area contributed by atoms with Gasteiger partial charge >= 0.3 is 0 Å². The zero-order valence-corrected chi connectivity index (χ0v) is 13.5. The first-order valence-corrected chi connectivity index (χ1v) is 7.24. The number of carbonyl (C=O) groups excluding carboxylic acids is 1. The lowest BCUT2D eigenvalue weighted by molar-refractivity contribution is 0.0946. The molecule has 0 saturated heterocycles. The number of carbonyl (C=O) groups is 1. The van der Waals surface area contributed by atoms with E-state index in [2.05, 4.69) is 21.2 Å². The lowest BCUT2D eigenvalue weighted by Crippen LogP contribution is -2.24. The molecule has 0 radical (unpaired) electrons. The molecule has 1 N–H and O–H groups in total. The van der Waals surface area contributed by atoms with Gasteiger partial charge in [0.1, 0.15) is 11.6 Å². The summed E-state index contributed by atoms with van der Waals surface area (Å²) < 4.78 is 19.5. The van der Waals surface area contributed by atoms with Crippen LogP contribution in [0.25, 0.3) is 0 Å². The average molecular weight is 373 g/mol. The predicted molar refractivity (Wildman–Crippen MR) is 83.3 cm³/mol. The molecule has 0 spiro atoms. The zero-order chi connectivity index (χ0) is 15.4. The first kappa shape index (κ1) is 15.8. The Morgan fingerprint density at radius 1 is 1.38 bits per heavy atom. The fourth-order valence-corrected chi connectivity index (χ4v) is 2.41. The van der Waals surface area contributed by atoms with Crippen molar-refractivity contribution in [3.63, 3.8) is 0 Å². The number of ether oxygens (including phenoxy) is 1. The molecule has 0 fully saturated rings. The van der Waals surface area contributed by atoms with Gasteiger partial charge in [-0.2, -0.15) is 0 Å². The second-order valence-electron chi connectivity index (χ2n) is 4.23. The van der Waals surface area contributed by atoms with Crippen LogP contribution in [-0.4, -0.2) is 13.0 Å². The maximum absolute atomic E-state index is 13.7. The highest BCUT2D eigenvalue weighted by Gasteiger charge is 2.14. The molecule has 2 aromatic rings. The van der Waals surface area contributed by atoms with E-state index in [-0.39, 0.29) is 12.1 Å². The van der Waals surface area contributed by atoms with Crippen LogP contribution in [-0.2, 0) is 6.54 Å². The number of rotatable bonds is 4. The number of amides is 1. The van der Waals surface area contributed by atoms with Crippen molar-refractivity contribution in [3.05, 3.63) is 62.8 Å². The number of hydrogen-bond acceptors (Lipinski definition) is 2. The van der Waals surface area contributed by atoms with E-state index in [9.17, 15) is 9.18 Å². The summed E-state index contributed by atoms with van der Waals surface area (Å²) in [6, 6.07) is 9.46. The second-order valence-corrected chi connectivity index (χ2v) is 5.55. The Bertz CT molecular complexity index is 679. The molecule has 0 aliphatic carbocycles. The molecule has 0 heterocycles. The first-order chi connectivity index (χ1) is 10.0. The molecule has 0 aliphatic heterocycles. The number of nitrogens with one attached hydrogen (secondary N) is 1. The van der Waals surface area contributed by atoms with Gasteiger partial charge in [0.15, 0.2) is 0 Å². The lowest BCUT2D eigenvalue weighted by Gasteiger charge is -2.11. The molecule has 21 heavy (non-hydrogen) atoms. The van der Waals surface area contributed by atoms with Crippen LogP contribution in [0, 0.1) is 5.82 Å². The molecule has 110 valence electrons. The van der Waals surface area contributed by atoms with Gasteiger partial charge in [-0.3, -0.25) is 4.79 Å². The number of hydrogen-bond donors (Lipinski definition) is 1. The summed E-state index contributed by atoms with van der Waals surface area (Å²) in [5, 5.41) is 3.11. The van der Waals surface area contributed by atoms with Crippen molar-refractivity contribution < 1.29 is 13.9 Å². The van der Waals surface area contributed by atoms with Gasteiger partial charge in [0.25, 0.3) is 5.91 Å². The molecule has 2 rings (SSSR count). The number of halogens is 3. The molecule has 0 saturated carbocycles. The van der Waals surface area contributed by atoms with E-state index in [1.54, 1.807) is 24.3 Å². The Hall–Kier alpha value is -1.59. The number of benzene rings is 2. The van der Waals surface area contributed by atoms with E-state index in [0.29, 0.717) is 20.8 Å². The predicted octanol–water partition coefficient (Wildman–Crippen LogP) is 4.18. The van der Waals surface area contributed by atoms with E-state index < -0.39 is 11.7 Å². The highest BCUT2D eigenvalue weighted by Crippen LogP contribution is 2.26. The Kier molecular flexibility index (Phi) is 5.20. The summed E-state index contributed by atoms with van der Waals surface area (Å²) in [6.07, 6.45) is 0. The standard InChI is InChI=1S/C15H12BrClFNO2/c1-21-14-4-2-3-12(17)11(14)8-19-15(20)10-6-5-9(16)7-13(10)18/h2-7H,8H2,1H3,(H,19,20). The van der Waals surface area contributed by atoms with Gasteiger partial charge in [0, 0.05) is 21.6 Å².